The van der Waals surface area contributed by atoms with Gasteiger partial charge in [0.1, 0.15) is 0 Å². The van der Waals surface area contributed by atoms with E-state index in [1.807, 2.05) is 6.92 Å². The Morgan fingerprint density at radius 2 is 2.38 bits per heavy atom. The maximum Gasteiger partial charge on any atom is 0.261 e. The molecule has 2 nitrogen and oxygen atoms in total. The maximum atomic E-state index is 11.8. The van der Waals surface area contributed by atoms with E-state index >= 15 is 0 Å². The highest BCUT2D eigenvalue weighted by Gasteiger charge is 2.14. The molecule has 0 fully saturated rings. The summed E-state index contributed by atoms with van der Waals surface area (Å²) in [5.74, 6) is 2.49. The van der Waals surface area contributed by atoms with Crippen LogP contribution >= 0.6 is 43.2 Å². The zero-order valence-electron chi connectivity index (χ0n) is 8.72. The van der Waals surface area contributed by atoms with Crippen LogP contribution in [0.1, 0.15) is 29.4 Å². The molecule has 0 aromatic carbocycles. The third kappa shape index (κ3) is 3.62. The van der Waals surface area contributed by atoms with Gasteiger partial charge in [-0.05, 0) is 44.3 Å². The van der Waals surface area contributed by atoms with Crippen LogP contribution in [0.25, 0.3) is 0 Å². The molecule has 1 rings (SSSR count). The van der Waals surface area contributed by atoms with E-state index in [1.54, 1.807) is 6.07 Å². The monoisotopic (exact) mass is 363 g/mol. The predicted molar refractivity (Wildman–Crippen MR) is 74.7 cm³/mol. The summed E-state index contributed by atoms with van der Waals surface area (Å²) < 4.78 is 1.82. The van der Waals surface area contributed by atoms with Gasteiger partial charge in [0.05, 0.1) is 8.66 Å². The molecule has 1 aromatic heterocycles. The molecule has 0 spiro atoms. The van der Waals surface area contributed by atoms with Crippen molar-refractivity contribution < 1.29 is 4.79 Å². The van der Waals surface area contributed by atoms with Gasteiger partial charge in [-0.3, -0.25) is 4.79 Å². The van der Waals surface area contributed by atoms with E-state index in [0.29, 0.717) is 11.3 Å². The van der Waals surface area contributed by atoms with Crippen molar-refractivity contribution in [1.29, 1.82) is 0 Å². The minimum absolute atomic E-state index is 0.0529. The van der Waals surface area contributed by atoms with Crippen LogP contribution < -0.4 is 5.32 Å². The van der Waals surface area contributed by atoms with Gasteiger partial charge in [-0.2, -0.15) is 0 Å². The van der Waals surface area contributed by atoms with Crippen molar-refractivity contribution in [2.75, 3.05) is 0 Å². The van der Waals surface area contributed by atoms with Crippen molar-refractivity contribution in [3.8, 4) is 12.3 Å². The Kier molecular flexibility index (Phi) is 5.53. The van der Waals surface area contributed by atoms with Crippen LogP contribution in [0.3, 0.4) is 0 Å². The van der Waals surface area contributed by atoms with Crippen LogP contribution in [0.5, 0.6) is 0 Å². The van der Waals surface area contributed by atoms with Gasteiger partial charge in [-0.25, -0.2) is 0 Å². The number of terminal acetylenes is 1. The normalized spacial score (nSPS) is 11.9. The van der Waals surface area contributed by atoms with Crippen LogP contribution in [0.2, 0.25) is 0 Å². The largest absolute Gasteiger partial charge is 0.348 e. The van der Waals surface area contributed by atoms with E-state index in [1.165, 1.54) is 11.3 Å². The summed E-state index contributed by atoms with van der Waals surface area (Å²) >= 11 is 8.11. The average Bonchev–Trinajstić information content (AvgIpc) is 2.58. The van der Waals surface area contributed by atoms with E-state index in [4.69, 9.17) is 6.42 Å². The predicted octanol–water partition coefficient (Wildman–Crippen LogP) is 3.80. The van der Waals surface area contributed by atoms with Gasteiger partial charge in [0, 0.05) is 16.9 Å². The number of carbonyl (C=O) groups excluding carboxylic acids is 1. The molecule has 0 saturated carbocycles. The number of thiophene rings is 1. The number of halogens is 2. The molecule has 0 aliphatic carbocycles. The highest BCUT2D eigenvalue weighted by Crippen LogP contribution is 2.32. The van der Waals surface area contributed by atoms with Gasteiger partial charge in [-0.1, -0.05) is 6.92 Å². The van der Waals surface area contributed by atoms with E-state index < -0.39 is 0 Å². The number of amides is 1. The van der Waals surface area contributed by atoms with Gasteiger partial charge in [0.25, 0.3) is 5.91 Å². The summed E-state index contributed by atoms with van der Waals surface area (Å²) in [7, 11) is 0. The smallest absolute Gasteiger partial charge is 0.261 e. The van der Waals surface area contributed by atoms with Gasteiger partial charge in [0.15, 0.2) is 0 Å². The number of nitrogens with one attached hydrogen (secondary N) is 1. The molecule has 0 aliphatic rings. The summed E-state index contributed by atoms with van der Waals surface area (Å²) in [5, 5.41) is 2.91. The van der Waals surface area contributed by atoms with Crippen molar-refractivity contribution >= 4 is 49.1 Å². The van der Waals surface area contributed by atoms with E-state index in [2.05, 4.69) is 43.1 Å². The second-order valence-corrected chi connectivity index (χ2v) is 6.44. The molecule has 1 amide bonds. The lowest BCUT2D eigenvalue weighted by Gasteiger charge is -2.12. The number of rotatable bonds is 4. The summed E-state index contributed by atoms with van der Waals surface area (Å²) in [5.41, 5.74) is 0. The first-order valence-corrected chi connectivity index (χ1v) is 7.17. The van der Waals surface area contributed by atoms with Gasteiger partial charge < -0.3 is 5.32 Å². The molecule has 0 radical (unpaired) electrons. The number of carbonyl (C=O) groups is 1. The molecule has 1 unspecified atom stereocenters. The first kappa shape index (κ1) is 13.8. The Bertz CT molecular complexity index is 403. The molecule has 0 aliphatic heterocycles. The summed E-state index contributed by atoms with van der Waals surface area (Å²) in [6.45, 7) is 2.00. The molecular formula is C11H11Br2NOS. The maximum absolute atomic E-state index is 11.8. The Morgan fingerprint density at radius 3 is 2.81 bits per heavy atom. The number of hydrogen-bond donors (Lipinski definition) is 1. The Balaban J connectivity index is 2.68. The first-order valence-electron chi connectivity index (χ1n) is 4.77. The summed E-state index contributed by atoms with van der Waals surface area (Å²) in [6, 6.07) is 1.85. The van der Waals surface area contributed by atoms with Crippen molar-refractivity contribution in [2.24, 2.45) is 0 Å². The molecule has 5 heteroatoms. The fraction of sp³-hybridized carbons (Fsp3) is 0.364. The van der Waals surface area contributed by atoms with E-state index in [0.717, 1.165) is 14.7 Å². The quantitative estimate of drug-likeness (QED) is 0.808. The molecule has 1 N–H and O–H groups in total. The topological polar surface area (TPSA) is 29.1 Å². The van der Waals surface area contributed by atoms with Crippen molar-refractivity contribution in [2.45, 2.75) is 25.8 Å². The van der Waals surface area contributed by atoms with E-state index in [-0.39, 0.29) is 11.9 Å². The van der Waals surface area contributed by atoms with Gasteiger partial charge in [-0.15, -0.1) is 23.7 Å². The molecule has 1 aromatic rings. The van der Waals surface area contributed by atoms with Gasteiger partial charge >= 0.3 is 0 Å². The average molecular weight is 365 g/mol. The second-order valence-electron chi connectivity index (χ2n) is 3.22. The minimum Gasteiger partial charge on any atom is -0.348 e. The lowest BCUT2D eigenvalue weighted by molar-refractivity contribution is 0.0941. The molecule has 1 heterocycles. The standard InChI is InChI=1S/C11H11Br2NOS/c1-3-5-7(4-2)14-11(15)9-6-8(12)10(13)16-9/h1,6-7H,4-5H2,2H3,(H,14,15). The molecule has 0 saturated heterocycles. The van der Waals surface area contributed by atoms with E-state index in [9.17, 15) is 4.79 Å². The molecule has 86 valence electrons. The first-order chi connectivity index (χ1) is 7.58. The van der Waals surface area contributed by atoms with Crippen LogP contribution in [0, 0.1) is 12.3 Å². The SMILES string of the molecule is C#CCC(CC)NC(=O)c1cc(Br)c(Br)s1. The van der Waals surface area contributed by atoms with Crippen LogP contribution in [0.15, 0.2) is 14.3 Å². The fourth-order valence-corrected chi connectivity index (χ4v) is 3.09. The highest BCUT2D eigenvalue weighted by molar-refractivity contribution is 9.13. The number of hydrogen-bond acceptors (Lipinski definition) is 2. The Hall–Kier alpha value is -0.310. The van der Waals surface area contributed by atoms with Crippen LogP contribution in [0.4, 0.5) is 0 Å². The summed E-state index contributed by atoms with van der Waals surface area (Å²) in [6.07, 6.45) is 6.64. The minimum atomic E-state index is -0.0708. The second kappa shape index (κ2) is 6.43. The van der Waals surface area contributed by atoms with Crippen molar-refractivity contribution in [1.82, 2.24) is 5.32 Å². The lowest BCUT2D eigenvalue weighted by Crippen LogP contribution is -2.33. The fourth-order valence-electron chi connectivity index (χ4n) is 1.15. The van der Waals surface area contributed by atoms with Crippen LogP contribution in [-0.4, -0.2) is 11.9 Å². The lowest BCUT2D eigenvalue weighted by atomic mass is 10.1. The van der Waals surface area contributed by atoms with Crippen molar-refractivity contribution in [3.63, 3.8) is 0 Å². The zero-order chi connectivity index (χ0) is 12.1. The molecular weight excluding hydrogens is 354 g/mol. The molecule has 16 heavy (non-hydrogen) atoms. The van der Waals surface area contributed by atoms with Gasteiger partial charge in [0.2, 0.25) is 0 Å². The third-order valence-corrected chi connectivity index (χ3v) is 5.32. The molecule has 1 atom stereocenters. The Labute approximate surface area is 116 Å². The van der Waals surface area contributed by atoms with Crippen LogP contribution in [-0.2, 0) is 0 Å². The van der Waals surface area contributed by atoms with Crippen molar-refractivity contribution in [3.05, 3.63) is 19.2 Å². The summed E-state index contributed by atoms with van der Waals surface area (Å²) in [4.78, 5) is 12.5. The third-order valence-electron chi connectivity index (χ3n) is 2.06. The Morgan fingerprint density at radius 1 is 1.69 bits per heavy atom. The molecule has 0 bridgehead atoms. The zero-order valence-corrected chi connectivity index (χ0v) is 12.7. The highest BCUT2D eigenvalue weighted by atomic mass is 79.9.